The summed E-state index contributed by atoms with van der Waals surface area (Å²) in [5.41, 5.74) is -0.343. The molecule has 0 bridgehead atoms. The normalized spacial score (nSPS) is 26.6. The lowest BCUT2D eigenvalue weighted by atomic mass is 9.81. The van der Waals surface area contributed by atoms with Gasteiger partial charge in [-0.05, 0) is 80.5 Å². The number of carbonyl (C=O) groups excluding carboxylic acids is 6. The molecule has 14 heteroatoms. The topological polar surface area (TPSA) is 154 Å². The lowest BCUT2D eigenvalue weighted by molar-refractivity contribution is -0.147. The zero-order valence-corrected chi connectivity index (χ0v) is 30.2. The number of nitrogens with zero attached hydrogens (tertiary/aromatic N) is 1. The third-order valence-corrected chi connectivity index (χ3v) is 12.2. The van der Waals surface area contributed by atoms with E-state index in [-0.39, 0.29) is 53.9 Å². The molecule has 286 valence electrons. The molecule has 0 radical (unpaired) electrons. The molecule has 6 atom stereocenters. The Bertz CT molecular complexity index is 1320. The summed E-state index contributed by atoms with van der Waals surface area (Å²) in [6, 6.07) is -5.02. The molecule has 0 spiro atoms. The first-order chi connectivity index (χ1) is 24.1. The molecule has 5 fully saturated rings. The fourth-order valence-corrected chi connectivity index (χ4v) is 8.99. The SMILES string of the molecule is CCCNC(=O)C(=O)C(CCC(F)(F)F)NC(=O)[C@@H]1[C@@H]2[C@H](CN1C(=O)[C@@H](NC(=O)N[C@H](C(=O)C1CC1)C1CCCCC1)C1CCCCC1)C2(C)C. The Morgan fingerprint density at radius 3 is 1.92 bits per heavy atom. The molecular formula is C37H56F3N5O6. The summed E-state index contributed by atoms with van der Waals surface area (Å²) in [4.78, 5) is 82.7. The number of hydrogen-bond acceptors (Lipinski definition) is 6. The Kier molecular flexibility index (Phi) is 12.4. The summed E-state index contributed by atoms with van der Waals surface area (Å²) < 4.78 is 39.8. The van der Waals surface area contributed by atoms with Crippen LogP contribution in [0.5, 0.6) is 0 Å². The van der Waals surface area contributed by atoms with Gasteiger partial charge in [0.15, 0.2) is 5.78 Å². The van der Waals surface area contributed by atoms with Crippen molar-refractivity contribution in [3.05, 3.63) is 0 Å². The predicted molar refractivity (Wildman–Crippen MR) is 182 cm³/mol. The number of hydrogen-bond donors (Lipinski definition) is 4. The van der Waals surface area contributed by atoms with E-state index in [0.717, 1.165) is 64.2 Å². The van der Waals surface area contributed by atoms with Crippen molar-refractivity contribution in [3.8, 4) is 0 Å². The maximum absolute atomic E-state index is 14.6. The van der Waals surface area contributed by atoms with Crippen molar-refractivity contribution in [3.63, 3.8) is 0 Å². The van der Waals surface area contributed by atoms with Gasteiger partial charge in [-0.2, -0.15) is 13.2 Å². The minimum Gasteiger partial charge on any atom is -0.349 e. The van der Waals surface area contributed by atoms with E-state index in [4.69, 9.17) is 0 Å². The van der Waals surface area contributed by atoms with Gasteiger partial charge in [-0.1, -0.05) is 59.3 Å². The van der Waals surface area contributed by atoms with Crippen LogP contribution < -0.4 is 21.3 Å². The third kappa shape index (κ3) is 9.43. The van der Waals surface area contributed by atoms with Crippen LogP contribution in [-0.2, 0) is 24.0 Å². The summed E-state index contributed by atoms with van der Waals surface area (Å²) in [6.07, 6.45) is 4.20. The number of piperidine rings is 1. The molecule has 0 aromatic rings. The standard InChI is InChI=1S/C37H56F3N5O6/c1-4-19-41-33(49)31(47)25(17-18-37(38,39)40)42-32(48)29-26-24(36(26,2)3)20-45(29)34(50)28(22-13-9-6-10-14-22)44-35(51)43-27(30(46)23-15-16-23)21-11-7-5-8-12-21/h21-29H,4-20H2,1-3H3,(H,41,49)(H,42,48)(H2,43,44,51)/t24-,25?,26-,27-,28-,29-/m0/s1. The number of likely N-dealkylation sites (tertiary alicyclic amines) is 1. The van der Waals surface area contributed by atoms with Crippen LogP contribution in [0.2, 0.25) is 0 Å². The molecule has 4 N–H and O–H groups in total. The highest BCUT2D eigenvalue weighted by atomic mass is 19.4. The number of urea groups is 1. The Morgan fingerprint density at radius 1 is 0.804 bits per heavy atom. The number of amides is 5. The molecule has 0 aromatic heterocycles. The van der Waals surface area contributed by atoms with Crippen LogP contribution in [0.4, 0.5) is 18.0 Å². The first kappa shape index (κ1) is 39.0. The molecule has 1 saturated heterocycles. The van der Waals surface area contributed by atoms with Crippen molar-refractivity contribution in [1.29, 1.82) is 0 Å². The highest BCUT2D eigenvalue weighted by molar-refractivity contribution is 6.38. The van der Waals surface area contributed by atoms with E-state index in [1.807, 2.05) is 13.8 Å². The van der Waals surface area contributed by atoms with Crippen molar-refractivity contribution < 1.29 is 41.9 Å². The van der Waals surface area contributed by atoms with Crippen LogP contribution in [0, 0.1) is 35.0 Å². The maximum Gasteiger partial charge on any atom is 0.389 e. The fraction of sp³-hybridized carbons (Fsp3) is 0.838. The lowest BCUT2D eigenvalue weighted by Crippen LogP contribution is -2.61. The van der Waals surface area contributed by atoms with Gasteiger partial charge >= 0.3 is 12.2 Å². The zero-order valence-electron chi connectivity index (χ0n) is 30.2. The number of carbonyl (C=O) groups is 6. The molecule has 4 aliphatic carbocycles. The van der Waals surface area contributed by atoms with Crippen LogP contribution >= 0.6 is 0 Å². The summed E-state index contributed by atoms with van der Waals surface area (Å²) in [5, 5.41) is 10.7. The first-order valence-electron chi connectivity index (χ1n) is 19.2. The van der Waals surface area contributed by atoms with Crippen molar-refractivity contribution in [2.24, 2.45) is 35.0 Å². The number of nitrogens with one attached hydrogen (secondary N) is 4. The highest BCUT2D eigenvalue weighted by Gasteiger charge is 2.70. The van der Waals surface area contributed by atoms with Gasteiger partial charge in [0.05, 0.1) is 12.1 Å². The molecule has 5 amide bonds. The van der Waals surface area contributed by atoms with Gasteiger partial charge in [0, 0.05) is 25.4 Å². The number of fused-ring (bicyclic) bond motifs is 1. The van der Waals surface area contributed by atoms with E-state index >= 15 is 0 Å². The summed E-state index contributed by atoms with van der Waals surface area (Å²) in [5.74, 6) is -4.04. The zero-order chi connectivity index (χ0) is 37.1. The minimum absolute atomic E-state index is 0.0412. The number of alkyl halides is 3. The van der Waals surface area contributed by atoms with Gasteiger partial charge in [0.2, 0.25) is 17.6 Å². The lowest BCUT2D eigenvalue weighted by Gasteiger charge is -2.37. The van der Waals surface area contributed by atoms with E-state index in [1.54, 1.807) is 6.92 Å². The molecule has 1 heterocycles. The molecule has 5 rings (SSSR count). The van der Waals surface area contributed by atoms with Crippen LogP contribution in [-0.4, -0.2) is 83.7 Å². The molecular weight excluding hydrogens is 667 g/mol. The number of halogens is 3. The van der Waals surface area contributed by atoms with E-state index in [0.29, 0.717) is 19.3 Å². The van der Waals surface area contributed by atoms with Gasteiger partial charge in [-0.25, -0.2) is 4.79 Å². The van der Waals surface area contributed by atoms with Gasteiger partial charge in [-0.15, -0.1) is 0 Å². The smallest absolute Gasteiger partial charge is 0.349 e. The fourth-order valence-electron chi connectivity index (χ4n) is 8.99. The van der Waals surface area contributed by atoms with Crippen molar-refractivity contribution in [2.75, 3.05) is 13.1 Å². The predicted octanol–water partition coefficient (Wildman–Crippen LogP) is 4.57. The summed E-state index contributed by atoms with van der Waals surface area (Å²) in [7, 11) is 0. The molecule has 11 nitrogen and oxygen atoms in total. The third-order valence-electron chi connectivity index (χ3n) is 12.2. The second-order valence-electron chi connectivity index (χ2n) is 16.3. The Balaban J connectivity index is 1.35. The minimum atomic E-state index is -4.62. The van der Waals surface area contributed by atoms with E-state index in [2.05, 4.69) is 21.3 Å². The highest BCUT2D eigenvalue weighted by Crippen LogP contribution is 2.65. The number of rotatable bonds is 15. The first-order valence-corrected chi connectivity index (χ1v) is 19.2. The second-order valence-corrected chi connectivity index (χ2v) is 16.3. The maximum atomic E-state index is 14.6. The quantitative estimate of drug-likeness (QED) is 0.182. The molecule has 0 aromatic carbocycles. The van der Waals surface area contributed by atoms with Crippen LogP contribution in [0.15, 0.2) is 0 Å². The van der Waals surface area contributed by atoms with E-state index in [1.165, 1.54) is 4.90 Å². The average molecular weight is 724 g/mol. The van der Waals surface area contributed by atoms with E-state index < -0.39 is 72.7 Å². The molecule has 51 heavy (non-hydrogen) atoms. The number of Topliss-reactive ketones (excluding diaryl/α,β-unsaturated/α-hetero) is 2. The summed E-state index contributed by atoms with van der Waals surface area (Å²) in [6.45, 7) is 6.04. The Morgan fingerprint density at radius 2 is 1.37 bits per heavy atom. The van der Waals surface area contributed by atoms with E-state index in [9.17, 15) is 41.9 Å². The van der Waals surface area contributed by atoms with Gasteiger partial charge in [0.1, 0.15) is 12.1 Å². The number of ketones is 2. The van der Waals surface area contributed by atoms with Gasteiger partial charge in [0.25, 0.3) is 5.91 Å². The van der Waals surface area contributed by atoms with Crippen LogP contribution in [0.25, 0.3) is 0 Å². The van der Waals surface area contributed by atoms with Crippen molar-refractivity contribution in [2.45, 2.75) is 147 Å². The second kappa shape index (κ2) is 16.2. The monoisotopic (exact) mass is 723 g/mol. The van der Waals surface area contributed by atoms with Gasteiger partial charge < -0.3 is 26.2 Å². The summed E-state index contributed by atoms with van der Waals surface area (Å²) >= 11 is 0. The van der Waals surface area contributed by atoms with Crippen molar-refractivity contribution in [1.82, 2.24) is 26.2 Å². The van der Waals surface area contributed by atoms with Crippen LogP contribution in [0.1, 0.15) is 117 Å². The Labute approximate surface area is 298 Å². The Hall–Kier alpha value is -3.19. The molecule has 5 aliphatic rings. The largest absolute Gasteiger partial charge is 0.389 e. The molecule has 1 unspecified atom stereocenters. The molecule has 4 saturated carbocycles. The average Bonchev–Trinajstić information content (AvgIpc) is 3.99. The van der Waals surface area contributed by atoms with Crippen molar-refractivity contribution >= 4 is 35.3 Å². The molecule has 1 aliphatic heterocycles. The van der Waals surface area contributed by atoms with Gasteiger partial charge in [-0.3, -0.25) is 24.0 Å². The van der Waals surface area contributed by atoms with Crippen LogP contribution in [0.3, 0.4) is 0 Å².